The molecule has 1 aromatic carbocycles. The smallest absolute Gasteiger partial charge is 0.378 e. The number of H-pyrrole nitrogens is 1. The molecule has 1 amide bonds. The highest BCUT2D eigenvalue weighted by molar-refractivity contribution is 5.82. The van der Waals surface area contributed by atoms with E-state index < -0.39 is 76.6 Å². The van der Waals surface area contributed by atoms with Gasteiger partial charge in [0.1, 0.15) is 40.8 Å². The Bertz CT molecular complexity index is 2220. The Morgan fingerprint density at radius 1 is 1.12 bits per heavy atom. The first-order chi connectivity index (χ1) is 24.0. The van der Waals surface area contributed by atoms with Gasteiger partial charge in [0, 0.05) is 46.5 Å². The maximum Gasteiger partial charge on any atom is 0.435 e. The zero-order valence-corrected chi connectivity index (χ0v) is 27.0. The molecule has 8 nitrogen and oxygen atoms in total. The number of benzene rings is 1. The van der Waals surface area contributed by atoms with Crippen LogP contribution in [0.2, 0.25) is 0 Å². The molecular formula is C36H29F7N6O2. The third-order valence-electron chi connectivity index (χ3n) is 9.14. The highest BCUT2D eigenvalue weighted by Crippen LogP contribution is 2.64. The fourth-order valence-electron chi connectivity index (χ4n) is 6.87. The van der Waals surface area contributed by atoms with E-state index in [1.54, 1.807) is 30.5 Å². The van der Waals surface area contributed by atoms with Gasteiger partial charge in [-0.3, -0.25) is 9.48 Å². The van der Waals surface area contributed by atoms with Crippen molar-refractivity contribution in [3.8, 4) is 23.0 Å². The summed E-state index contributed by atoms with van der Waals surface area (Å²) in [6, 6.07) is 8.25. The Kier molecular flexibility index (Phi) is 8.20. The molecule has 51 heavy (non-hydrogen) atoms. The number of carbonyl (C=O) groups excluding carboxylic acids is 1. The van der Waals surface area contributed by atoms with E-state index in [0.29, 0.717) is 27.5 Å². The van der Waals surface area contributed by atoms with Crippen molar-refractivity contribution in [1.82, 2.24) is 30.0 Å². The van der Waals surface area contributed by atoms with Crippen LogP contribution in [0.25, 0.3) is 22.2 Å². The summed E-state index contributed by atoms with van der Waals surface area (Å²) in [6.07, 6.45) is -1.92. The molecule has 3 N–H and O–H groups in total. The minimum atomic E-state index is -5.03. The first-order valence-corrected chi connectivity index (χ1v) is 16.0. The maximum absolute atomic E-state index is 15.5. The van der Waals surface area contributed by atoms with E-state index in [0.717, 1.165) is 17.5 Å². The molecule has 3 unspecified atom stereocenters. The summed E-state index contributed by atoms with van der Waals surface area (Å²) >= 11 is 0. The predicted octanol–water partition coefficient (Wildman–Crippen LogP) is 6.94. The lowest BCUT2D eigenvalue weighted by Crippen LogP contribution is -2.36. The summed E-state index contributed by atoms with van der Waals surface area (Å²) in [5.74, 6) is -3.39. The standard InChI is InChI=1S/C36H29F7N6O2/c1-34(2,51)9-7-23-3-4-24(20-14-19-8-10-44-33(19)45-16-20)30(46-23)27(13-18-11-21(37)15-22(38)12-18)47-28(50)17-49-32-29(31(48-49)36(41,42)43)25-5-6-26(25)35(32,39)40/h3-4,8,10-12,14-16,25-27,51H,5-6,13,17H2,1-2H3,(H,44,45)(H,47,50). The molecule has 15 heteroatoms. The van der Waals surface area contributed by atoms with Gasteiger partial charge in [-0.25, -0.2) is 18.7 Å². The highest BCUT2D eigenvalue weighted by atomic mass is 19.4. The predicted molar refractivity (Wildman–Crippen MR) is 170 cm³/mol. The van der Waals surface area contributed by atoms with E-state index in [1.165, 1.54) is 20.0 Å². The molecule has 1 saturated carbocycles. The lowest BCUT2D eigenvalue weighted by Gasteiger charge is -2.34. The second-order valence-electron chi connectivity index (χ2n) is 13.4. The normalized spacial score (nSPS) is 18.4. The molecule has 7 rings (SSSR count). The number of amides is 1. The van der Waals surface area contributed by atoms with E-state index in [9.17, 15) is 31.9 Å². The molecule has 1 fully saturated rings. The fraction of sp³-hybridized carbons (Fsp3) is 0.333. The van der Waals surface area contributed by atoms with Gasteiger partial charge in [-0.15, -0.1) is 0 Å². The van der Waals surface area contributed by atoms with E-state index in [4.69, 9.17) is 0 Å². The SMILES string of the molecule is CC(C)(O)C#Cc1ccc(-c2cnc3[nH]ccc3c2)c(C(Cc2cc(F)cc(F)c2)NC(=O)Cn2nc(C(F)(F)F)c3c2C(F)(F)C2CCC32)n1. The molecule has 2 aliphatic rings. The van der Waals surface area contributed by atoms with Crippen LogP contribution in [0, 0.1) is 29.4 Å². The van der Waals surface area contributed by atoms with Crippen LogP contribution in [-0.4, -0.2) is 41.3 Å². The van der Waals surface area contributed by atoms with Gasteiger partial charge in [-0.2, -0.15) is 27.1 Å². The van der Waals surface area contributed by atoms with Gasteiger partial charge >= 0.3 is 6.18 Å². The zero-order chi connectivity index (χ0) is 36.5. The summed E-state index contributed by atoms with van der Waals surface area (Å²) in [6.45, 7) is 1.91. The monoisotopic (exact) mass is 710 g/mol. The zero-order valence-electron chi connectivity index (χ0n) is 27.0. The maximum atomic E-state index is 15.5. The largest absolute Gasteiger partial charge is 0.435 e. The van der Waals surface area contributed by atoms with Crippen LogP contribution in [0.1, 0.15) is 72.6 Å². The molecule has 0 saturated heterocycles. The Morgan fingerprint density at radius 3 is 2.53 bits per heavy atom. The molecule has 264 valence electrons. The third-order valence-corrected chi connectivity index (χ3v) is 9.14. The Labute approximate surface area is 286 Å². The first-order valence-electron chi connectivity index (χ1n) is 16.0. The summed E-state index contributed by atoms with van der Waals surface area (Å²) in [4.78, 5) is 25.8. The number of alkyl halides is 5. The molecule has 3 atom stereocenters. The van der Waals surface area contributed by atoms with Crippen LogP contribution >= 0.6 is 0 Å². The Hall–Kier alpha value is -5.23. The fourth-order valence-corrected chi connectivity index (χ4v) is 6.87. The van der Waals surface area contributed by atoms with Crippen molar-refractivity contribution >= 4 is 16.9 Å². The number of halogens is 7. The number of carbonyl (C=O) groups is 1. The van der Waals surface area contributed by atoms with Crippen molar-refractivity contribution < 1.29 is 40.6 Å². The topological polar surface area (TPSA) is 109 Å². The number of fused-ring (bicyclic) bond motifs is 4. The van der Waals surface area contributed by atoms with E-state index in [2.05, 4.69) is 37.2 Å². The third kappa shape index (κ3) is 6.56. The Morgan fingerprint density at radius 2 is 1.86 bits per heavy atom. The molecule has 4 aromatic heterocycles. The molecule has 2 aliphatic carbocycles. The first kappa shape index (κ1) is 34.2. The molecule has 0 aliphatic heterocycles. The summed E-state index contributed by atoms with van der Waals surface area (Å²) in [5, 5.41) is 17.1. The van der Waals surface area contributed by atoms with Crippen LogP contribution in [0.3, 0.4) is 0 Å². The minimum absolute atomic E-state index is 0.0344. The van der Waals surface area contributed by atoms with Crippen molar-refractivity contribution in [2.24, 2.45) is 5.92 Å². The number of pyridine rings is 2. The molecule has 0 bridgehead atoms. The van der Waals surface area contributed by atoms with Gasteiger partial charge in [0.05, 0.1) is 11.7 Å². The van der Waals surface area contributed by atoms with Gasteiger partial charge in [0.15, 0.2) is 5.69 Å². The summed E-state index contributed by atoms with van der Waals surface area (Å²) in [5.41, 5.74) is -2.52. The summed E-state index contributed by atoms with van der Waals surface area (Å²) in [7, 11) is 0. The van der Waals surface area contributed by atoms with Crippen molar-refractivity contribution in [2.45, 2.75) is 69.3 Å². The van der Waals surface area contributed by atoms with E-state index in [1.807, 2.05) is 0 Å². The number of hydrogen-bond donors (Lipinski definition) is 3. The van der Waals surface area contributed by atoms with Crippen LogP contribution in [0.5, 0.6) is 0 Å². The number of aromatic nitrogens is 5. The van der Waals surface area contributed by atoms with Gasteiger partial charge in [0.2, 0.25) is 5.91 Å². The van der Waals surface area contributed by atoms with Gasteiger partial charge in [0.25, 0.3) is 5.92 Å². The van der Waals surface area contributed by atoms with Crippen molar-refractivity contribution in [1.29, 1.82) is 0 Å². The molecule has 0 radical (unpaired) electrons. The van der Waals surface area contributed by atoms with E-state index >= 15 is 8.78 Å². The summed E-state index contributed by atoms with van der Waals surface area (Å²) < 4.78 is 102. The van der Waals surface area contributed by atoms with Crippen molar-refractivity contribution in [3.63, 3.8) is 0 Å². The van der Waals surface area contributed by atoms with Crippen molar-refractivity contribution in [2.75, 3.05) is 0 Å². The Balaban J connectivity index is 1.32. The molecular weight excluding hydrogens is 681 g/mol. The molecule has 0 spiro atoms. The van der Waals surface area contributed by atoms with Crippen LogP contribution in [0.15, 0.2) is 54.9 Å². The van der Waals surface area contributed by atoms with E-state index in [-0.39, 0.29) is 36.2 Å². The van der Waals surface area contributed by atoms with Crippen LogP contribution in [-0.2, 0) is 29.9 Å². The average molecular weight is 711 g/mol. The molecule has 5 aromatic rings. The second kappa shape index (κ2) is 12.2. The van der Waals surface area contributed by atoms with Crippen LogP contribution < -0.4 is 5.32 Å². The number of rotatable bonds is 7. The minimum Gasteiger partial charge on any atom is -0.378 e. The average Bonchev–Trinajstić information content (AvgIpc) is 3.66. The number of nitrogens with one attached hydrogen (secondary N) is 2. The quantitative estimate of drug-likeness (QED) is 0.125. The van der Waals surface area contributed by atoms with Gasteiger partial charge in [-0.05, 0) is 86.9 Å². The second-order valence-corrected chi connectivity index (χ2v) is 13.4. The number of aliphatic hydroxyl groups is 1. The lowest BCUT2D eigenvalue weighted by atomic mass is 9.73. The highest BCUT2D eigenvalue weighted by Gasteiger charge is 2.63. The lowest BCUT2D eigenvalue weighted by molar-refractivity contribution is -0.144. The number of hydrogen-bond acceptors (Lipinski definition) is 5. The molecule has 4 heterocycles. The van der Waals surface area contributed by atoms with Gasteiger partial charge < -0.3 is 15.4 Å². The van der Waals surface area contributed by atoms with Crippen molar-refractivity contribution in [3.05, 3.63) is 100 Å². The number of aromatic amines is 1. The van der Waals surface area contributed by atoms with Gasteiger partial charge in [-0.1, -0.05) is 5.92 Å². The van der Waals surface area contributed by atoms with Crippen LogP contribution in [0.4, 0.5) is 30.7 Å². The number of nitrogens with zero attached hydrogens (tertiary/aromatic N) is 4.